The minimum Gasteiger partial charge on any atom is -0.345 e. The Morgan fingerprint density at radius 2 is 1.59 bits per heavy atom. The second kappa shape index (κ2) is 10.2. The van der Waals surface area contributed by atoms with Gasteiger partial charge < -0.3 is 5.32 Å². The van der Waals surface area contributed by atoms with Crippen molar-refractivity contribution in [1.29, 1.82) is 0 Å². The second-order valence-electron chi connectivity index (χ2n) is 7.11. The molecule has 0 saturated heterocycles. The number of amides is 2. The maximum atomic E-state index is 12.8. The van der Waals surface area contributed by atoms with Crippen molar-refractivity contribution < 1.29 is 9.59 Å². The monoisotopic (exact) mass is 461 g/mol. The summed E-state index contributed by atoms with van der Waals surface area (Å²) >= 11 is 7.46. The highest BCUT2D eigenvalue weighted by Gasteiger charge is 2.18. The van der Waals surface area contributed by atoms with E-state index in [1.165, 1.54) is 11.3 Å². The van der Waals surface area contributed by atoms with Gasteiger partial charge in [0.05, 0.1) is 18.2 Å². The van der Waals surface area contributed by atoms with Gasteiger partial charge in [0, 0.05) is 16.0 Å². The minimum absolute atomic E-state index is 0.0988. The molecule has 0 bridgehead atoms. The molecule has 0 aliphatic heterocycles. The molecule has 0 aliphatic carbocycles. The number of nitrogens with zero attached hydrogens (tertiary/aromatic N) is 1. The molecule has 1 atom stereocenters. The number of carbonyl (C=O) groups excluding carboxylic acids is 2. The fourth-order valence-electron chi connectivity index (χ4n) is 3.27. The summed E-state index contributed by atoms with van der Waals surface area (Å²) in [5, 5.41) is 8.69. The Kier molecular flexibility index (Phi) is 6.94. The maximum absolute atomic E-state index is 12.8. The van der Waals surface area contributed by atoms with Crippen LogP contribution in [0.4, 0.5) is 5.13 Å². The number of nitrogens with one attached hydrogen (secondary N) is 2. The van der Waals surface area contributed by atoms with E-state index in [0.717, 1.165) is 11.1 Å². The minimum atomic E-state index is -0.335. The van der Waals surface area contributed by atoms with Gasteiger partial charge in [0.2, 0.25) is 5.91 Å². The van der Waals surface area contributed by atoms with Gasteiger partial charge in [-0.25, -0.2) is 4.98 Å². The summed E-state index contributed by atoms with van der Waals surface area (Å²) in [5.41, 5.74) is 2.99. The van der Waals surface area contributed by atoms with Crippen LogP contribution in [0.25, 0.3) is 0 Å². The first-order chi connectivity index (χ1) is 15.6. The molecule has 0 saturated carbocycles. The van der Waals surface area contributed by atoms with Gasteiger partial charge >= 0.3 is 0 Å². The van der Waals surface area contributed by atoms with E-state index in [-0.39, 0.29) is 24.3 Å². The lowest BCUT2D eigenvalue weighted by Crippen LogP contribution is -2.30. The van der Waals surface area contributed by atoms with Crippen LogP contribution in [-0.4, -0.2) is 16.8 Å². The van der Waals surface area contributed by atoms with Crippen molar-refractivity contribution in [3.05, 3.63) is 118 Å². The first-order valence-corrected chi connectivity index (χ1v) is 11.2. The van der Waals surface area contributed by atoms with Gasteiger partial charge in [-0.3, -0.25) is 14.9 Å². The number of hydrogen-bond donors (Lipinski definition) is 2. The Hall–Kier alpha value is -3.48. The third-order valence-electron chi connectivity index (χ3n) is 4.77. The predicted molar refractivity (Wildman–Crippen MR) is 128 cm³/mol. The van der Waals surface area contributed by atoms with Crippen LogP contribution in [-0.2, 0) is 11.2 Å². The molecule has 5 nitrogen and oxygen atoms in total. The Balaban J connectivity index is 1.44. The summed E-state index contributed by atoms with van der Waals surface area (Å²) in [7, 11) is 0. The van der Waals surface area contributed by atoms with Gasteiger partial charge in [0.15, 0.2) is 5.13 Å². The molecule has 0 radical (unpaired) electrons. The van der Waals surface area contributed by atoms with Gasteiger partial charge in [-0.2, -0.15) is 0 Å². The van der Waals surface area contributed by atoms with Crippen LogP contribution in [0, 0.1) is 0 Å². The summed E-state index contributed by atoms with van der Waals surface area (Å²) in [6.07, 6.45) is 0.0988. The van der Waals surface area contributed by atoms with Gasteiger partial charge in [-0.1, -0.05) is 72.3 Å². The first kappa shape index (κ1) is 21.7. The van der Waals surface area contributed by atoms with Gasteiger partial charge in [-0.15, -0.1) is 11.3 Å². The van der Waals surface area contributed by atoms with E-state index in [1.807, 2.05) is 54.6 Å². The van der Waals surface area contributed by atoms with Crippen LogP contribution in [0.3, 0.4) is 0 Å². The summed E-state index contributed by atoms with van der Waals surface area (Å²) in [5.74, 6) is -0.411. The highest BCUT2D eigenvalue weighted by molar-refractivity contribution is 7.14. The molecule has 0 fully saturated rings. The van der Waals surface area contributed by atoms with Crippen molar-refractivity contribution in [2.75, 3.05) is 5.32 Å². The first-order valence-electron chi connectivity index (χ1n) is 9.99. The average Bonchev–Trinajstić information content (AvgIpc) is 3.25. The lowest BCUT2D eigenvalue weighted by molar-refractivity contribution is -0.121. The Bertz CT molecular complexity index is 1210. The summed E-state index contributed by atoms with van der Waals surface area (Å²) in [6, 6.07) is 25.8. The molecule has 1 heterocycles. The molecule has 0 aliphatic rings. The third kappa shape index (κ3) is 5.60. The zero-order valence-corrected chi connectivity index (χ0v) is 18.6. The molecule has 32 heavy (non-hydrogen) atoms. The van der Waals surface area contributed by atoms with Crippen molar-refractivity contribution in [3.63, 3.8) is 0 Å². The van der Waals surface area contributed by atoms with E-state index >= 15 is 0 Å². The van der Waals surface area contributed by atoms with E-state index in [2.05, 4.69) is 15.6 Å². The van der Waals surface area contributed by atoms with Crippen LogP contribution in [0.5, 0.6) is 0 Å². The van der Waals surface area contributed by atoms with Crippen LogP contribution < -0.4 is 10.6 Å². The number of benzene rings is 3. The molecule has 1 unspecified atom stereocenters. The summed E-state index contributed by atoms with van der Waals surface area (Å²) < 4.78 is 0. The Morgan fingerprint density at radius 1 is 0.906 bits per heavy atom. The van der Waals surface area contributed by atoms with Crippen LogP contribution in [0.1, 0.15) is 33.2 Å². The van der Waals surface area contributed by atoms with Crippen molar-refractivity contribution in [1.82, 2.24) is 10.3 Å². The van der Waals surface area contributed by atoms with E-state index in [9.17, 15) is 9.59 Å². The smallest absolute Gasteiger partial charge is 0.257 e. The highest BCUT2D eigenvalue weighted by Crippen LogP contribution is 2.25. The summed E-state index contributed by atoms with van der Waals surface area (Å²) in [6.45, 7) is 0. The number of carbonyl (C=O) groups is 2. The average molecular weight is 462 g/mol. The van der Waals surface area contributed by atoms with E-state index in [0.29, 0.717) is 21.4 Å². The van der Waals surface area contributed by atoms with E-state index < -0.39 is 0 Å². The van der Waals surface area contributed by atoms with E-state index in [1.54, 1.807) is 35.7 Å². The Labute approximate surface area is 195 Å². The zero-order chi connectivity index (χ0) is 22.3. The predicted octanol–water partition coefficient (Wildman–Crippen LogP) is 5.50. The quantitative estimate of drug-likeness (QED) is 0.382. The highest BCUT2D eigenvalue weighted by atomic mass is 35.5. The SMILES string of the molecule is O=C(Cc1csc(NC(=O)c2ccccc2)n1)NC(c1ccccc1)c1cccc(Cl)c1. The molecule has 4 rings (SSSR count). The molecule has 2 amide bonds. The van der Waals surface area contributed by atoms with Crippen molar-refractivity contribution in [2.45, 2.75) is 12.5 Å². The van der Waals surface area contributed by atoms with Crippen molar-refractivity contribution in [3.8, 4) is 0 Å². The number of thiazole rings is 1. The zero-order valence-electron chi connectivity index (χ0n) is 17.0. The van der Waals surface area contributed by atoms with E-state index in [4.69, 9.17) is 11.6 Å². The molecule has 160 valence electrons. The van der Waals surface area contributed by atoms with Crippen LogP contribution in [0.15, 0.2) is 90.3 Å². The van der Waals surface area contributed by atoms with Gasteiger partial charge in [0.1, 0.15) is 0 Å². The number of aromatic nitrogens is 1. The molecule has 3 aromatic carbocycles. The normalized spacial score (nSPS) is 11.5. The molecular weight excluding hydrogens is 442 g/mol. The molecule has 1 aromatic heterocycles. The molecular formula is C25H20ClN3O2S. The van der Waals surface area contributed by atoms with Crippen molar-refractivity contribution in [2.24, 2.45) is 0 Å². The number of rotatable bonds is 7. The van der Waals surface area contributed by atoms with Crippen LogP contribution >= 0.6 is 22.9 Å². The number of hydrogen-bond acceptors (Lipinski definition) is 4. The lowest BCUT2D eigenvalue weighted by Gasteiger charge is -2.20. The molecule has 7 heteroatoms. The molecule has 4 aromatic rings. The molecule has 0 spiro atoms. The topological polar surface area (TPSA) is 71.1 Å². The fraction of sp³-hybridized carbons (Fsp3) is 0.0800. The van der Waals surface area contributed by atoms with Gasteiger partial charge in [0.25, 0.3) is 5.91 Å². The third-order valence-corrected chi connectivity index (χ3v) is 5.81. The maximum Gasteiger partial charge on any atom is 0.257 e. The van der Waals surface area contributed by atoms with Crippen LogP contribution in [0.2, 0.25) is 5.02 Å². The fourth-order valence-corrected chi connectivity index (χ4v) is 4.18. The van der Waals surface area contributed by atoms with Crippen molar-refractivity contribution >= 4 is 39.9 Å². The largest absolute Gasteiger partial charge is 0.345 e. The lowest BCUT2D eigenvalue weighted by atomic mass is 9.98. The number of anilines is 1. The molecule has 2 N–H and O–H groups in total. The second-order valence-corrected chi connectivity index (χ2v) is 8.40. The van der Waals surface area contributed by atoms with Gasteiger partial charge in [-0.05, 0) is 35.4 Å². The number of halogens is 1. The Morgan fingerprint density at radius 3 is 2.31 bits per heavy atom. The summed E-state index contributed by atoms with van der Waals surface area (Å²) in [4.78, 5) is 29.5. The standard InChI is InChI=1S/C25H20ClN3O2S/c26-20-13-7-12-19(14-20)23(17-8-3-1-4-9-17)28-22(30)15-21-16-32-25(27-21)29-24(31)18-10-5-2-6-11-18/h1-14,16,23H,15H2,(H,28,30)(H,27,29,31).